The van der Waals surface area contributed by atoms with Crippen molar-refractivity contribution in [2.45, 2.75) is 12.5 Å². The standard InChI is InChI=1S/C25H23N5O4/c1-32-24-18(14-26)12-19(15-28-24)30-10-11-33-23-3-2-20(13-22(23)30)34-21-6-9-29(16-21)25(31)17-4-7-27-8-5-17/h2-5,7-8,12-13,15,21H,6,9-11,16H2,1H3. The number of aromatic nitrogens is 2. The van der Waals surface area contributed by atoms with E-state index in [1.165, 1.54) is 7.11 Å². The smallest absolute Gasteiger partial charge is 0.254 e. The van der Waals surface area contributed by atoms with Gasteiger partial charge in [-0.15, -0.1) is 0 Å². The van der Waals surface area contributed by atoms with E-state index in [9.17, 15) is 10.1 Å². The number of methoxy groups -OCH3 is 1. The minimum absolute atomic E-state index is 0.0150. The van der Waals surface area contributed by atoms with Gasteiger partial charge in [-0.2, -0.15) is 5.26 Å². The van der Waals surface area contributed by atoms with Gasteiger partial charge in [0.25, 0.3) is 5.91 Å². The molecule has 4 heterocycles. The molecule has 1 amide bonds. The lowest BCUT2D eigenvalue weighted by Gasteiger charge is -2.31. The van der Waals surface area contributed by atoms with Crippen molar-refractivity contribution in [3.63, 3.8) is 0 Å². The lowest BCUT2D eigenvalue weighted by molar-refractivity contribution is 0.0772. The zero-order valence-electron chi connectivity index (χ0n) is 18.7. The molecule has 5 rings (SSSR count). The number of benzene rings is 1. The Morgan fingerprint density at radius 2 is 2.06 bits per heavy atom. The summed E-state index contributed by atoms with van der Waals surface area (Å²) in [5, 5.41) is 9.44. The fourth-order valence-electron chi connectivity index (χ4n) is 4.25. The summed E-state index contributed by atoms with van der Waals surface area (Å²) in [6.07, 6.45) is 5.57. The number of carbonyl (C=O) groups excluding carboxylic acids is 1. The third kappa shape index (κ3) is 4.18. The van der Waals surface area contributed by atoms with Crippen molar-refractivity contribution in [3.05, 3.63) is 66.1 Å². The summed E-state index contributed by atoms with van der Waals surface area (Å²) < 4.78 is 17.2. The molecule has 34 heavy (non-hydrogen) atoms. The van der Waals surface area contributed by atoms with Crippen LogP contribution in [-0.2, 0) is 0 Å². The highest BCUT2D eigenvalue weighted by Crippen LogP contribution is 2.40. The van der Waals surface area contributed by atoms with Crippen molar-refractivity contribution in [1.29, 1.82) is 5.26 Å². The SMILES string of the molecule is COc1ncc(N2CCOc3ccc(OC4CCN(C(=O)c5ccncc5)C4)cc32)cc1C#N. The number of likely N-dealkylation sites (tertiary alicyclic amines) is 1. The molecule has 1 unspecified atom stereocenters. The second kappa shape index (κ2) is 9.27. The van der Waals surface area contributed by atoms with Crippen LogP contribution in [0.25, 0.3) is 0 Å². The maximum absolute atomic E-state index is 12.7. The number of fused-ring (bicyclic) bond motifs is 1. The Balaban J connectivity index is 1.33. The summed E-state index contributed by atoms with van der Waals surface area (Å²) in [7, 11) is 1.49. The molecule has 0 bridgehead atoms. The van der Waals surface area contributed by atoms with E-state index in [1.807, 2.05) is 23.1 Å². The van der Waals surface area contributed by atoms with E-state index in [2.05, 4.69) is 16.0 Å². The van der Waals surface area contributed by atoms with Gasteiger partial charge in [0, 0.05) is 37.0 Å². The molecule has 0 radical (unpaired) electrons. The van der Waals surface area contributed by atoms with Crippen molar-refractivity contribution in [1.82, 2.24) is 14.9 Å². The quantitative estimate of drug-likeness (QED) is 0.576. The molecule has 9 heteroatoms. The van der Waals surface area contributed by atoms with Crippen LogP contribution in [0.3, 0.4) is 0 Å². The van der Waals surface area contributed by atoms with Crippen molar-refractivity contribution >= 4 is 17.3 Å². The van der Waals surface area contributed by atoms with Crippen LogP contribution in [0.1, 0.15) is 22.3 Å². The highest BCUT2D eigenvalue weighted by Gasteiger charge is 2.29. The highest BCUT2D eigenvalue weighted by atomic mass is 16.5. The number of nitrogens with zero attached hydrogens (tertiary/aromatic N) is 5. The molecule has 9 nitrogen and oxygen atoms in total. The maximum Gasteiger partial charge on any atom is 0.254 e. The van der Waals surface area contributed by atoms with Crippen LogP contribution in [0.2, 0.25) is 0 Å². The Morgan fingerprint density at radius 1 is 1.21 bits per heavy atom. The Hall–Kier alpha value is -4.32. The molecule has 2 aliphatic rings. The fraction of sp³-hybridized carbons (Fsp3) is 0.280. The molecule has 1 aromatic carbocycles. The summed E-state index contributed by atoms with van der Waals surface area (Å²) >= 11 is 0. The highest BCUT2D eigenvalue weighted by molar-refractivity contribution is 5.94. The first-order valence-electron chi connectivity index (χ1n) is 11.0. The number of ether oxygens (including phenoxy) is 3. The number of carbonyl (C=O) groups is 1. The minimum atomic E-state index is -0.102. The molecule has 0 saturated carbocycles. The number of hydrogen-bond donors (Lipinski definition) is 0. The second-order valence-corrected chi connectivity index (χ2v) is 8.01. The normalized spacial score (nSPS) is 16.9. The average molecular weight is 457 g/mol. The predicted molar refractivity (Wildman–Crippen MR) is 124 cm³/mol. The average Bonchev–Trinajstić information content (AvgIpc) is 3.36. The van der Waals surface area contributed by atoms with Gasteiger partial charge in [-0.3, -0.25) is 9.78 Å². The summed E-state index contributed by atoms with van der Waals surface area (Å²) in [6, 6.07) is 13.0. The first-order valence-corrected chi connectivity index (χ1v) is 11.0. The lowest BCUT2D eigenvalue weighted by atomic mass is 10.2. The van der Waals surface area contributed by atoms with Gasteiger partial charge in [-0.25, -0.2) is 4.98 Å². The fourth-order valence-corrected chi connectivity index (χ4v) is 4.25. The van der Waals surface area contributed by atoms with Gasteiger partial charge < -0.3 is 24.0 Å². The van der Waals surface area contributed by atoms with Crippen molar-refractivity contribution in [2.24, 2.45) is 0 Å². The Morgan fingerprint density at radius 3 is 2.85 bits per heavy atom. The van der Waals surface area contributed by atoms with Gasteiger partial charge in [0.1, 0.15) is 35.8 Å². The molecular weight excluding hydrogens is 434 g/mol. The lowest BCUT2D eigenvalue weighted by Crippen LogP contribution is -2.31. The number of nitriles is 1. The number of rotatable bonds is 5. The van der Waals surface area contributed by atoms with E-state index in [0.717, 1.165) is 23.5 Å². The maximum atomic E-state index is 12.7. The van der Waals surface area contributed by atoms with Gasteiger partial charge >= 0.3 is 0 Å². The van der Waals surface area contributed by atoms with Crippen molar-refractivity contribution in [2.75, 3.05) is 38.3 Å². The second-order valence-electron chi connectivity index (χ2n) is 8.01. The van der Waals surface area contributed by atoms with Crippen LogP contribution >= 0.6 is 0 Å². The molecule has 0 N–H and O–H groups in total. The van der Waals surface area contributed by atoms with Gasteiger partial charge in [-0.05, 0) is 30.3 Å². The van der Waals surface area contributed by atoms with Gasteiger partial charge in [0.05, 0.1) is 37.8 Å². The topological polar surface area (TPSA) is 101 Å². The summed E-state index contributed by atoms with van der Waals surface area (Å²) in [5.41, 5.74) is 2.60. The molecule has 1 atom stereocenters. The molecule has 1 fully saturated rings. The number of anilines is 2. The van der Waals surface area contributed by atoms with E-state index < -0.39 is 0 Å². The Labute approximate surface area is 197 Å². The molecule has 0 spiro atoms. The monoisotopic (exact) mass is 457 g/mol. The van der Waals surface area contributed by atoms with Crippen LogP contribution in [0, 0.1) is 11.3 Å². The van der Waals surface area contributed by atoms with Crippen LogP contribution in [-0.4, -0.2) is 60.2 Å². The summed E-state index contributed by atoms with van der Waals surface area (Å²) in [4.78, 5) is 24.8. The third-order valence-corrected chi connectivity index (χ3v) is 5.92. The van der Waals surface area contributed by atoms with E-state index in [4.69, 9.17) is 14.2 Å². The third-order valence-electron chi connectivity index (χ3n) is 5.92. The van der Waals surface area contributed by atoms with Crippen LogP contribution in [0.5, 0.6) is 17.4 Å². The molecule has 0 aliphatic carbocycles. The van der Waals surface area contributed by atoms with E-state index in [1.54, 1.807) is 41.7 Å². The molecule has 3 aromatic rings. The first-order chi connectivity index (χ1) is 16.7. The molecule has 2 aliphatic heterocycles. The zero-order chi connectivity index (χ0) is 23.5. The van der Waals surface area contributed by atoms with Crippen LogP contribution in [0.15, 0.2) is 55.0 Å². The van der Waals surface area contributed by atoms with E-state index in [0.29, 0.717) is 49.0 Å². The number of hydrogen-bond acceptors (Lipinski definition) is 8. The van der Waals surface area contributed by atoms with Crippen LogP contribution in [0.4, 0.5) is 11.4 Å². The molecule has 1 saturated heterocycles. The Kier molecular flexibility index (Phi) is 5.87. The minimum Gasteiger partial charge on any atom is -0.490 e. The van der Waals surface area contributed by atoms with Crippen LogP contribution < -0.4 is 19.1 Å². The Bertz CT molecular complexity index is 1240. The summed E-state index contributed by atoms with van der Waals surface area (Å²) in [5.74, 6) is 1.70. The summed E-state index contributed by atoms with van der Waals surface area (Å²) in [6.45, 7) is 2.27. The first kappa shape index (κ1) is 21.5. The molecular formula is C25H23N5O4. The van der Waals surface area contributed by atoms with Gasteiger partial charge in [0.15, 0.2) is 0 Å². The predicted octanol–water partition coefficient (Wildman–Crippen LogP) is 3.18. The van der Waals surface area contributed by atoms with E-state index >= 15 is 0 Å². The van der Waals surface area contributed by atoms with Gasteiger partial charge in [-0.1, -0.05) is 0 Å². The van der Waals surface area contributed by atoms with Crippen molar-refractivity contribution in [3.8, 4) is 23.4 Å². The van der Waals surface area contributed by atoms with E-state index in [-0.39, 0.29) is 12.0 Å². The number of pyridine rings is 2. The van der Waals surface area contributed by atoms with Gasteiger partial charge in [0.2, 0.25) is 5.88 Å². The zero-order valence-corrected chi connectivity index (χ0v) is 18.7. The van der Waals surface area contributed by atoms with Crippen molar-refractivity contribution < 1.29 is 19.0 Å². The molecule has 172 valence electrons. The molecule has 2 aromatic heterocycles. The number of amides is 1. The largest absolute Gasteiger partial charge is 0.490 e.